The van der Waals surface area contributed by atoms with Crippen molar-refractivity contribution in [2.75, 3.05) is 7.11 Å². The van der Waals surface area contributed by atoms with E-state index in [1.807, 2.05) is 24.3 Å². The number of hydrogen-bond acceptors (Lipinski definition) is 3. The molecule has 1 unspecified atom stereocenters. The summed E-state index contributed by atoms with van der Waals surface area (Å²) in [5, 5.41) is 7.22. The molecule has 0 aliphatic heterocycles. The van der Waals surface area contributed by atoms with Crippen molar-refractivity contribution in [1.29, 1.82) is 0 Å². The summed E-state index contributed by atoms with van der Waals surface area (Å²) in [4.78, 5) is 12.3. The van der Waals surface area contributed by atoms with E-state index < -0.39 is 0 Å². The van der Waals surface area contributed by atoms with Crippen molar-refractivity contribution in [3.8, 4) is 16.9 Å². The molecular formula is C18H25N3O2. The Kier molecular flexibility index (Phi) is 6.20. The summed E-state index contributed by atoms with van der Waals surface area (Å²) in [6, 6.07) is 7.72. The number of aromatic nitrogens is 2. The van der Waals surface area contributed by atoms with Crippen LogP contribution in [0.4, 0.5) is 4.79 Å². The number of benzene rings is 1. The smallest absolute Gasteiger partial charge is 0.342 e. The monoisotopic (exact) mass is 315 g/mol. The molecule has 0 spiro atoms. The minimum atomic E-state index is -0.173. The third-order valence-corrected chi connectivity index (χ3v) is 3.94. The van der Waals surface area contributed by atoms with E-state index in [9.17, 15) is 4.79 Å². The Hall–Kier alpha value is -2.30. The summed E-state index contributed by atoms with van der Waals surface area (Å²) >= 11 is 0. The third-order valence-electron chi connectivity index (χ3n) is 3.94. The average molecular weight is 315 g/mol. The van der Waals surface area contributed by atoms with E-state index >= 15 is 0 Å². The number of rotatable bonds is 7. The van der Waals surface area contributed by atoms with Crippen molar-refractivity contribution in [3.05, 3.63) is 36.7 Å². The van der Waals surface area contributed by atoms with E-state index in [0.717, 1.165) is 42.6 Å². The number of hydrogen-bond donors (Lipinski definition) is 1. The van der Waals surface area contributed by atoms with Crippen LogP contribution >= 0.6 is 0 Å². The summed E-state index contributed by atoms with van der Waals surface area (Å²) in [5.74, 6) is 0.806. The molecule has 0 aliphatic rings. The zero-order valence-electron chi connectivity index (χ0n) is 14.1. The first-order valence-electron chi connectivity index (χ1n) is 8.17. The molecular weight excluding hydrogens is 290 g/mol. The lowest BCUT2D eigenvalue weighted by molar-refractivity contribution is 0.234. The zero-order valence-corrected chi connectivity index (χ0v) is 14.1. The Bertz CT molecular complexity index is 619. The van der Waals surface area contributed by atoms with Gasteiger partial charge in [-0.15, -0.1) is 0 Å². The Labute approximate surface area is 137 Å². The molecule has 2 aromatic rings. The van der Waals surface area contributed by atoms with Gasteiger partial charge < -0.3 is 10.1 Å². The maximum Gasteiger partial charge on any atom is 0.342 e. The van der Waals surface area contributed by atoms with E-state index in [1.54, 1.807) is 19.5 Å². The van der Waals surface area contributed by atoms with Gasteiger partial charge in [0.1, 0.15) is 5.75 Å². The Balaban J connectivity index is 2.03. The fraction of sp³-hybridized carbons (Fsp3) is 0.444. The van der Waals surface area contributed by atoms with Crippen LogP contribution in [0.5, 0.6) is 5.75 Å². The molecule has 1 atom stereocenters. The van der Waals surface area contributed by atoms with Gasteiger partial charge in [-0.05, 0) is 30.5 Å². The van der Waals surface area contributed by atoms with Gasteiger partial charge >= 0.3 is 6.03 Å². The molecule has 0 radical (unpaired) electrons. The first kappa shape index (κ1) is 17.1. The van der Waals surface area contributed by atoms with Crippen molar-refractivity contribution in [2.24, 2.45) is 0 Å². The molecule has 0 saturated heterocycles. The molecule has 23 heavy (non-hydrogen) atoms. The SMILES string of the molecule is CCCCC(CC)NC(=O)n1cc(-c2ccc(OC)cc2)cn1. The lowest BCUT2D eigenvalue weighted by atomic mass is 10.1. The highest BCUT2D eigenvalue weighted by atomic mass is 16.5. The van der Waals surface area contributed by atoms with E-state index in [-0.39, 0.29) is 12.1 Å². The van der Waals surface area contributed by atoms with Gasteiger partial charge in [0.25, 0.3) is 0 Å². The first-order valence-corrected chi connectivity index (χ1v) is 8.17. The summed E-state index contributed by atoms with van der Waals surface area (Å²) in [6.45, 7) is 4.25. The fourth-order valence-corrected chi connectivity index (χ4v) is 2.44. The quantitative estimate of drug-likeness (QED) is 0.837. The van der Waals surface area contributed by atoms with Crippen molar-refractivity contribution in [3.63, 3.8) is 0 Å². The van der Waals surface area contributed by atoms with Gasteiger partial charge in [0.05, 0.1) is 13.3 Å². The number of nitrogens with one attached hydrogen (secondary N) is 1. The molecule has 2 rings (SSSR count). The number of carbonyl (C=O) groups is 1. The maximum atomic E-state index is 12.3. The lowest BCUT2D eigenvalue weighted by Gasteiger charge is -2.16. The second-order valence-electron chi connectivity index (χ2n) is 5.60. The Morgan fingerprint density at radius 2 is 2.00 bits per heavy atom. The van der Waals surface area contributed by atoms with Crippen LogP contribution in [0.2, 0.25) is 0 Å². The van der Waals surface area contributed by atoms with Crippen molar-refractivity contribution in [2.45, 2.75) is 45.6 Å². The molecule has 124 valence electrons. The number of nitrogens with zero attached hydrogens (tertiary/aromatic N) is 2. The van der Waals surface area contributed by atoms with E-state index in [4.69, 9.17) is 4.74 Å². The molecule has 1 aromatic carbocycles. The number of methoxy groups -OCH3 is 1. The molecule has 1 aromatic heterocycles. The second-order valence-corrected chi connectivity index (χ2v) is 5.60. The topological polar surface area (TPSA) is 56.2 Å². The molecule has 0 aliphatic carbocycles. The molecule has 0 fully saturated rings. The van der Waals surface area contributed by atoms with Crippen molar-refractivity contribution < 1.29 is 9.53 Å². The van der Waals surface area contributed by atoms with E-state index in [0.29, 0.717) is 0 Å². The van der Waals surface area contributed by atoms with Gasteiger partial charge in [-0.3, -0.25) is 0 Å². The molecule has 0 bridgehead atoms. The van der Waals surface area contributed by atoms with Crippen LogP contribution in [-0.4, -0.2) is 29.0 Å². The van der Waals surface area contributed by atoms with E-state index in [2.05, 4.69) is 24.3 Å². The maximum absolute atomic E-state index is 12.3. The summed E-state index contributed by atoms with van der Waals surface area (Å²) < 4.78 is 6.52. The average Bonchev–Trinajstić information content (AvgIpc) is 3.08. The molecule has 1 heterocycles. The molecule has 5 nitrogen and oxygen atoms in total. The second kappa shape index (κ2) is 8.36. The molecule has 1 N–H and O–H groups in total. The van der Waals surface area contributed by atoms with Crippen LogP contribution in [-0.2, 0) is 0 Å². The Morgan fingerprint density at radius 3 is 2.61 bits per heavy atom. The fourth-order valence-electron chi connectivity index (χ4n) is 2.44. The predicted molar refractivity (Wildman–Crippen MR) is 91.7 cm³/mol. The predicted octanol–water partition coefficient (Wildman–Crippen LogP) is 4.09. The minimum Gasteiger partial charge on any atom is -0.497 e. The summed E-state index contributed by atoms with van der Waals surface area (Å²) in [7, 11) is 1.64. The molecule has 1 amide bonds. The normalized spacial score (nSPS) is 12.0. The van der Waals surface area contributed by atoms with Gasteiger partial charge in [-0.1, -0.05) is 38.8 Å². The number of amides is 1. The van der Waals surface area contributed by atoms with Crippen LogP contribution in [0, 0.1) is 0 Å². The largest absolute Gasteiger partial charge is 0.497 e. The van der Waals surface area contributed by atoms with Gasteiger partial charge in [0.15, 0.2) is 0 Å². The van der Waals surface area contributed by atoms with Crippen LogP contribution in [0.1, 0.15) is 39.5 Å². The van der Waals surface area contributed by atoms with Gasteiger partial charge in [0.2, 0.25) is 0 Å². The van der Waals surface area contributed by atoms with Crippen LogP contribution < -0.4 is 10.1 Å². The minimum absolute atomic E-state index is 0.173. The molecule has 0 saturated carbocycles. The summed E-state index contributed by atoms with van der Waals surface area (Å²) in [6.07, 6.45) is 7.65. The highest BCUT2D eigenvalue weighted by Crippen LogP contribution is 2.21. The van der Waals surface area contributed by atoms with Gasteiger partial charge in [-0.25, -0.2) is 4.79 Å². The van der Waals surface area contributed by atoms with Gasteiger partial charge in [-0.2, -0.15) is 9.78 Å². The lowest BCUT2D eigenvalue weighted by Crippen LogP contribution is -2.37. The van der Waals surface area contributed by atoms with Crippen LogP contribution in [0.3, 0.4) is 0 Å². The summed E-state index contributed by atoms with van der Waals surface area (Å²) in [5.41, 5.74) is 1.91. The first-order chi connectivity index (χ1) is 11.2. The van der Waals surface area contributed by atoms with Gasteiger partial charge in [0, 0.05) is 17.8 Å². The highest BCUT2D eigenvalue weighted by molar-refractivity contribution is 5.77. The number of carbonyl (C=O) groups excluding carboxylic acids is 1. The number of unbranched alkanes of at least 4 members (excludes halogenated alkanes) is 1. The zero-order chi connectivity index (χ0) is 16.7. The standard InChI is InChI=1S/C18H25N3O2/c1-4-6-7-16(5-2)20-18(22)21-13-15(12-19-21)14-8-10-17(23-3)11-9-14/h8-13,16H,4-7H2,1-3H3,(H,20,22). The third kappa shape index (κ3) is 4.58. The van der Waals surface area contributed by atoms with Crippen molar-refractivity contribution in [1.82, 2.24) is 15.1 Å². The van der Waals surface area contributed by atoms with Crippen LogP contribution in [0.25, 0.3) is 11.1 Å². The Morgan fingerprint density at radius 1 is 1.26 bits per heavy atom. The number of ether oxygens (including phenoxy) is 1. The molecule has 5 heteroatoms. The van der Waals surface area contributed by atoms with E-state index in [1.165, 1.54) is 4.68 Å². The highest BCUT2D eigenvalue weighted by Gasteiger charge is 2.13. The van der Waals surface area contributed by atoms with Crippen LogP contribution in [0.15, 0.2) is 36.7 Å². The van der Waals surface area contributed by atoms with Crippen molar-refractivity contribution >= 4 is 6.03 Å².